The van der Waals surface area contributed by atoms with Gasteiger partial charge >= 0.3 is 0 Å². The molecule has 0 radical (unpaired) electrons. The number of rotatable bonds is 31. The number of nitrogens with one attached hydrogen (secondary N) is 7. The first-order valence-electron chi connectivity index (χ1n) is 19.0. The van der Waals surface area contributed by atoms with Gasteiger partial charge in [0.25, 0.3) is 0 Å². The highest BCUT2D eigenvalue weighted by atomic mass is 16.2. The molecule has 21 heteroatoms. The molecule has 1 aromatic heterocycles. The van der Waals surface area contributed by atoms with Crippen LogP contribution in [0.1, 0.15) is 82.7 Å². The predicted molar refractivity (Wildman–Crippen MR) is 210 cm³/mol. The van der Waals surface area contributed by atoms with Gasteiger partial charge in [-0.3, -0.25) is 34.8 Å². The summed E-state index contributed by atoms with van der Waals surface area (Å²) in [7, 11) is 0. The number of H-pyrrole nitrogens is 1. The highest BCUT2D eigenvalue weighted by Gasteiger charge is 2.32. The number of hydrogen-bond donors (Lipinski definition) is 13. The third-order valence-electron chi connectivity index (χ3n) is 8.80. The summed E-state index contributed by atoms with van der Waals surface area (Å²) < 4.78 is 0. The monoisotopic (exact) mass is 779 g/mol. The Labute approximate surface area is 323 Å². The van der Waals surface area contributed by atoms with Gasteiger partial charge in [0.2, 0.25) is 29.5 Å². The van der Waals surface area contributed by atoms with Gasteiger partial charge in [-0.2, -0.15) is 0 Å². The number of carbonyl (C=O) groups excluding carboxylic acids is 5. The molecule has 0 bridgehead atoms. The average molecular weight is 779 g/mol. The Bertz CT molecular complexity index is 1310. The largest absolute Gasteiger partial charge is 0.370 e. The van der Waals surface area contributed by atoms with Crippen LogP contribution < -0.4 is 55.7 Å². The summed E-state index contributed by atoms with van der Waals surface area (Å²) in [5.41, 5.74) is 34.3. The third kappa shape index (κ3) is 20.9. The van der Waals surface area contributed by atoms with Gasteiger partial charge in [0.1, 0.15) is 12.1 Å². The fourth-order valence-corrected chi connectivity index (χ4v) is 5.82. The van der Waals surface area contributed by atoms with Crippen LogP contribution in [0, 0.1) is 10.8 Å². The van der Waals surface area contributed by atoms with Gasteiger partial charge in [0, 0.05) is 70.4 Å². The van der Waals surface area contributed by atoms with Gasteiger partial charge in [0.05, 0.1) is 12.4 Å². The van der Waals surface area contributed by atoms with E-state index in [1.54, 1.807) is 6.20 Å². The van der Waals surface area contributed by atoms with E-state index in [0.717, 1.165) is 12.8 Å². The zero-order valence-electron chi connectivity index (χ0n) is 32.1. The first-order valence-corrected chi connectivity index (χ1v) is 19.0. The molecule has 1 heterocycles. The molecule has 1 aromatic rings. The number of imidazole rings is 1. The van der Waals surface area contributed by atoms with Crippen molar-refractivity contribution in [2.45, 2.75) is 102 Å². The summed E-state index contributed by atoms with van der Waals surface area (Å²) in [6.07, 6.45) is 8.73. The van der Waals surface area contributed by atoms with Crippen molar-refractivity contribution in [3.8, 4) is 0 Å². The molecule has 312 valence electrons. The molecule has 0 aromatic carbocycles. The minimum absolute atomic E-state index is 0.000285. The van der Waals surface area contributed by atoms with Crippen molar-refractivity contribution in [2.24, 2.45) is 34.4 Å². The Morgan fingerprint density at radius 2 is 1.22 bits per heavy atom. The van der Waals surface area contributed by atoms with Crippen molar-refractivity contribution in [3.63, 3.8) is 0 Å². The van der Waals surface area contributed by atoms with Crippen molar-refractivity contribution in [1.82, 2.24) is 41.0 Å². The molecule has 1 rings (SSSR count). The quantitative estimate of drug-likeness (QED) is 0.0203. The number of amides is 5. The topological polar surface area (TPSA) is 372 Å². The normalized spacial score (nSPS) is 12.5. The molecule has 0 aliphatic rings. The van der Waals surface area contributed by atoms with Gasteiger partial charge in [-0.1, -0.05) is 6.42 Å². The van der Waals surface area contributed by atoms with Crippen LogP contribution in [-0.4, -0.2) is 132 Å². The van der Waals surface area contributed by atoms with Crippen LogP contribution in [0.25, 0.3) is 0 Å². The lowest BCUT2D eigenvalue weighted by Gasteiger charge is -2.33. The minimum atomic E-state index is -1.03. The smallest absolute Gasteiger partial charge is 0.243 e. The van der Waals surface area contributed by atoms with Crippen LogP contribution in [0.4, 0.5) is 0 Å². The second-order valence-corrected chi connectivity index (χ2v) is 13.2. The molecule has 0 saturated carbocycles. The van der Waals surface area contributed by atoms with Gasteiger partial charge < -0.3 is 70.5 Å². The lowest BCUT2D eigenvalue weighted by Crippen LogP contribution is -2.55. The van der Waals surface area contributed by atoms with E-state index in [0.29, 0.717) is 83.2 Å². The second kappa shape index (κ2) is 28.4. The fraction of sp³-hybridized carbons (Fsp3) is 0.706. The standard InChI is InChI=1S/C34H66N16O5/c35-13-5-1-2-11-29(52)50(20-17-44-31(54)25(37)9-8-16-47-34(41)42)27(21-24-22-43-23-48-24)32(55)45-18-19-49(26(30(38)53)10-3-6-14-36)28(51)12-4-7-15-46-33(39)40/h22-23,25-27H,1-21,35-37H2,(H2,38,53)(H,43,48)(H,44,54)(H,45,55)(H4,39,40,46)(H4,41,42,47). The minimum Gasteiger partial charge on any atom is -0.370 e. The van der Waals surface area contributed by atoms with E-state index in [2.05, 4.69) is 31.2 Å². The first kappa shape index (κ1) is 48.0. The summed E-state index contributed by atoms with van der Waals surface area (Å²) in [5.74, 6) is -2.57. The molecule has 0 aliphatic carbocycles. The average Bonchev–Trinajstić information content (AvgIpc) is 3.66. The van der Waals surface area contributed by atoms with Gasteiger partial charge in [0.15, 0.2) is 11.9 Å². The van der Waals surface area contributed by atoms with Gasteiger partial charge in [-0.15, -0.1) is 0 Å². The van der Waals surface area contributed by atoms with Crippen molar-refractivity contribution < 1.29 is 24.0 Å². The molecule has 5 amide bonds. The molecule has 3 atom stereocenters. The van der Waals surface area contributed by atoms with Crippen LogP contribution in [0.3, 0.4) is 0 Å². The third-order valence-corrected chi connectivity index (χ3v) is 8.80. The zero-order valence-corrected chi connectivity index (χ0v) is 32.1. The number of aromatic nitrogens is 2. The highest BCUT2D eigenvalue weighted by Crippen LogP contribution is 2.14. The van der Waals surface area contributed by atoms with Crippen LogP contribution >= 0.6 is 0 Å². The SMILES string of the molecule is N=C(N)NCCCCC(=O)N(CCNC(=O)C(Cc1cnc[nH]1)N(CCNC(=O)C(N)CCCNC(=N)N)C(=O)CCCCCN)C(CCCCN)C(N)=O. The molecule has 0 saturated heterocycles. The fourth-order valence-electron chi connectivity index (χ4n) is 5.82. The lowest BCUT2D eigenvalue weighted by atomic mass is 10.1. The van der Waals surface area contributed by atoms with E-state index in [1.807, 2.05) is 0 Å². The van der Waals surface area contributed by atoms with Crippen LogP contribution in [0.15, 0.2) is 12.5 Å². The molecule has 21 nitrogen and oxygen atoms in total. The number of primary amides is 1. The summed E-state index contributed by atoms with van der Waals surface area (Å²) in [5, 5.41) is 25.5. The molecule has 0 aliphatic heterocycles. The van der Waals surface area contributed by atoms with E-state index in [1.165, 1.54) is 16.1 Å². The first-order chi connectivity index (χ1) is 26.3. The highest BCUT2D eigenvalue weighted by molar-refractivity contribution is 5.89. The number of hydrogen-bond acceptors (Lipinski definition) is 11. The van der Waals surface area contributed by atoms with Gasteiger partial charge in [-0.25, -0.2) is 4.98 Å². The van der Waals surface area contributed by atoms with E-state index in [-0.39, 0.29) is 69.2 Å². The van der Waals surface area contributed by atoms with E-state index in [4.69, 9.17) is 45.2 Å². The Kier molecular flexibility index (Phi) is 24.8. The van der Waals surface area contributed by atoms with E-state index in [9.17, 15) is 24.0 Å². The maximum absolute atomic E-state index is 14.0. The Morgan fingerprint density at radius 1 is 0.673 bits per heavy atom. The predicted octanol–water partition coefficient (Wildman–Crippen LogP) is -3.04. The molecular formula is C34H66N16O5. The maximum Gasteiger partial charge on any atom is 0.243 e. The van der Waals surface area contributed by atoms with E-state index >= 15 is 0 Å². The molecule has 3 unspecified atom stereocenters. The van der Waals surface area contributed by atoms with Crippen molar-refractivity contribution in [3.05, 3.63) is 18.2 Å². The van der Waals surface area contributed by atoms with Crippen LogP contribution in [0.5, 0.6) is 0 Å². The van der Waals surface area contributed by atoms with Crippen LogP contribution in [-0.2, 0) is 30.4 Å². The Morgan fingerprint density at radius 3 is 1.76 bits per heavy atom. The number of unbranched alkanes of at least 4 members (excludes halogenated alkanes) is 4. The van der Waals surface area contributed by atoms with Crippen LogP contribution in [0.2, 0.25) is 0 Å². The lowest BCUT2D eigenvalue weighted by molar-refractivity contribution is -0.141. The second-order valence-electron chi connectivity index (χ2n) is 13.2. The molecule has 0 fully saturated rings. The van der Waals surface area contributed by atoms with Gasteiger partial charge in [-0.05, 0) is 70.9 Å². The van der Waals surface area contributed by atoms with Crippen molar-refractivity contribution >= 4 is 41.5 Å². The Balaban J connectivity index is 3.19. The molecular weight excluding hydrogens is 712 g/mol. The number of nitrogens with zero attached hydrogens (tertiary/aromatic N) is 3. The van der Waals surface area contributed by atoms with E-state index < -0.39 is 35.8 Å². The molecule has 0 spiro atoms. The number of guanidine groups is 2. The number of aromatic amines is 1. The number of nitrogens with two attached hydrogens (primary N) is 6. The number of carbonyl (C=O) groups is 5. The summed E-state index contributed by atoms with van der Waals surface area (Å²) in [6.45, 7) is 1.65. The molecule has 19 N–H and O–H groups in total. The maximum atomic E-state index is 14.0. The summed E-state index contributed by atoms with van der Waals surface area (Å²) in [6, 6.07) is -2.78. The zero-order chi connectivity index (χ0) is 41.0. The van der Waals surface area contributed by atoms with Crippen molar-refractivity contribution in [2.75, 3.05) is 52.4 Å². The summed E-state index contributed by atoms with van der Waals surface area (Å²) in [4.78, 5) is 76.5. The summed E-state index contributed by atoms with van der Waals surface area (Å²) >= 11 is 0. The Hall–Kier alpha value is -5.02. The molecule has 55 heavy (non-hydrogen) atoms. The van der Waals surface area contributed by atoms with Crippen molar-refractivity contribution in [1.29, 1.82) is 10.8 Å².